The van der Waals surface area contributed by atoms with Crippen molar-refractivity contribution in [3.63, 3.8) is 0 Å². The molecule has 92 valence electrons. The first-order valence-electron chi connectivity index (χ1n) is 5.86. The summed E-state index contributed by atoms with van der Waals surface area (Å²) in [4.78, 5) is 4.31. The molecule has 1 aromatic heterocycles. The summed E-state index contributed by atoms with van der Waals surface area (Å²) in [6.45, 7) is 7.32. The van der Waals surface area contributed by atoms with E-state index in [0.29, 0.717) is 31.3 Å². The maximum atomic E-state index is 6.16. The number of rotatable bonds is 7. The van der Waals surface area contributed by atoms with Crippen molar-refractivity contribution in [2.24, 2.45) is 5.73 Å². The van der Waals surface area contributed by atoms with Crippen LogP contribution >= 0.6 is 0 Å². The molecule has 0 radical (unpaired) electrons. The minimum Gasteiger partial charge on any atom is -0.381 e. The van der Waals surface area contributed by atoms with Gasteiger partial charge in [-0.25, -0.2) is 0 Å². The zero-order valence-electron chi connectivity index (χ0n) is 10.3. The molecule has 1 heterocycles. The average molecular weight is 227 g/mol. The summed E-state index contributed by atoms with van der Waals surface area (Å²) in [5.41, 5.74) is 5.67. The summed E-state index contributed by atoms with van der Waals surface area (Å²) in [5, 5.41) is 3.90. The van der Waals surface area contributed by atoms with Crippen molar-refractivity contribution in [1.82, 2.24) is 10.1 Å². The number of aromatic nitrogens is 2. The standard InChI is InChI=1S/C11H21N3O2/c1-4-11(12,5-2)10-13-9(14-16-10)7-8-15-6-3/h4-8,12H2,1-3H3. The lowest BCUT2D eigenvalue weighted by molar-refractivity contribution is 0.149. The predicted octanol–water partition coefficient (Wildman–Crippen LogP) is 1.62. The zero-order chi connectivity index (χ0) is 12.0. The lowest BCUT2D eigenvalue weighted by Crippen LogP contribution is -2.35. The third-order valence-corrected chi connectivity index (χ3v) is 2.83. The molecule has 5 heteroatoms. The molecule has 0 bridgehead atoms. The van der Waals surface area contributed by atoms with Gasteiger partial charge in [0.15, 0.2) is 5.82 Å². The van der Waals surface area contributed by atoms with E-state index in [1.807, 2.05) is 20.8 Å². The highest BCUT2D eigenvalue weighted by Gasteiger charge is 2.29. The Labute approximate surface area is 96.4 Å². The molecule has 0 unspecified atom stereocenters. The Kier molecular flexibility index (Phi) is 4.89. The van der Waals surface area contributed by atoms with Gasteiger partial charge in [-0.1, -0.05) is 19.0 Å². The van der Waals surface area contributed by atoms with Crippen molar-refractivity contribution in [3.8, 4) is 0 Å². The van der Waals surface area contributed by atoms with E-state index < -0.39 is 5.54 Å². The molecule has 0 aliphatic carbocycles. The molecule has 0 saturated carbocycles. The highest BCUT2D eigenvalue weighted by atomic mass is 16.5. The van der Waals surface area contributed by atoms with Crippen LogP contribution in [0.15, 0.2) is 4.52 Å². The second kappa shape index (κ2) is 5.96. The maximum absolute atomic E-state index is 6.16. The molecular formula is C11H21N3O2. The molecule has 0 fully saturated rings. The van der Waals surface area contributed by atoms with Gasteiger partial charge < -0.3 is 15.0 Å². The molecule has 0 amide bonds. The van der Waals surface area contributed by atoms with Gasteiger partial charge >= 0.3 is 0 Å². The van der Waals surface area contributed by atoms with Gasteiger partial charge in [-0.15, -0.1) is 0 Å². The van der Waals surface area contributed by atoms with Gasteiger partial charge in [0.1, 0.15) is 0 Å². The van der Waals surface area contributed by atoms with E-state index in [2.05, 4.69) is 10.1 Å². The van der Waals surface area contributed by atoms with E-state index in [4.69, 9.17) is 15.0 Å². The minimum absolute atomic E-state index is 0.489. The second-order valence-corrected chi connectivity index (χ2v) is 3.83. The van der Waals surface area contributed by atoms with E-state index in [-0.39, 0.29) is 0 Å². The van der Waals surface area contributed by atoms with Crippen molar-refractivity contribution >= 4 is 0 Å². The Hall–Kier alpha value is -0.940. The van der Waals surface area contributed by atoms with Crippen molar-refractivity contribution in [1.29, 1.82) is 0 Å². The van der Waals surface area contributed by atoms with E-state index in [1.165, 1.54) is 0 Å². The second-order valence-electron chi connectivity index (χ2n) is 3.83. The average Bonchev–Trinajstić information content (AvgIpc) is 2.78. The van der Waals surface area contributed by atoms with Crippen LogP contribution in [-0.2, 0) is 16.7 Å². The lowest BCUT2D eigenvalue weighted by atomic mass is 9.94. The molecule has 5 nitrogen and oxygen atoms in total. The number of hydrogen-bond acceptors (Lipinski definition) is 5. The lowest BCUT2D eigenvalue weighted by Gasteiger charge is -2.20. The fourth-order valence-corrected chi connectivity index (χ4v) is 1.42. The van der Waals surface area contributed by atoms with Crippen LogP contribution in [0.5, 0.6) is 0 Å². The van der Waals surface area contributed by atoms with E-state index in [9.17, 15) is 0 Å². The van der Waals surface area contributed by atoms with Crippen LogP contribution in [0.3, 0.4) is 0 Å². The molecule has 16 heavy (non-hydrogen) atoms. The highest BCUT2D eigenvalue weighted by Crippen LogP contribution is 2.23. The summed E-state index contributed by atoms with van der Waals surface area (Å²) in [6.07, 6.45) is 2.24. The van der Waals surface area contributed by atoms with Crippen LogP contribution in [0.2, 0.25) is 0 Å². The Balaban J connectivity index is 2.63. The number of hydrogen-bond donors (Lipinski definition) is 1. The van der Waals surface area contributed by atoms with E-state index >= 15 is 0 Å². The van der Waals surface area contributed by atoms with E-state index in [1.54, 1.807) is 0 Å². The van der Waals surface area contributed by atoms with Crippen molar-refractivity contribution in [2.45, 2.75) is 45.6 Å². The van der Waals surface area contributed by atoms with Crippen molar-refractivity contribution in [3.05, 3.63) is 11.7 Å². The fraction of sp³-hybridized carbons (Fsp3) is 0.818. The van der Waals surface area contributed by atoms with Crippen LogP contribution in [0.1, 0.15) is 45.3 Å². The van der Waals surface area contributed by atoms with Gasteiger partial charge in [-0.05, 0) is 19.8 Å². The molecule has 0 atom stereocenters. The Morgan fingerprint density at radius 1 is 1.31 bits per heavy atom. The van der Waals surface area contributed by atoms with Crippen LogP contribution in [0.25, 0.3) is 0 Å². The summed E-state index contributed by atoms with van der Waals surface area (Å²) in [6, 6.07) is 0. The zero-order valence-corrected chi connectivity index (χ0v) is 10.3. The molecule has 0 aliphatic heterocycles. The summed E-state index contributed by atoms with van der Waals surface area (Å²) in [7, 11) is 0. The number of ether oxygens (including phenoxy) is 1. The normalized spacial score (nSPS) is 12.0. The van der Waals surface area contributed by atoms with Crippen molar-refractivity contribution in [2.75, 3.05) is 13.2 Å². The predicted molar refractivity (Wildman–Crippen MR) is 60.9 cm³/mol. The number of nitrogens with two attached hydrogens (primary N) is 1. The van der Waals surface area contributed by atoms with Crippen LogP contribution in [-0.4, -0.2) is 23.4 Å². The molecule has 0 saturated heterocycles. The summed E-state index contributed by atoms with van der Waals surface area (Å²) < 4.78 is 10.4. The molecule has 0 aliphatic rings. The third-order valence-electron chi connectivity index (χ3n) is 2.83. The van der Waals surface area contributed by atoms with Crippen LogP contribution in [0, 0.1) is 0 Å². The quantitative estimate of drug-likeness (QED) is 0.716. The van der Waals surface area contributed by atoms with Gasteiger partial charge in [0.05, 0.1) is 12.1 Å². The fourth-order valence-electron chi connectivity index (χ4n) is 1.42. The van der Waals surface area contributed by atoms with Gasteiger partial charge in [-0.3, -0.25) is 0 Å². The largest absolute Gasteiger partial charge is 0.381 e. The molecule has 0 spiro atoms. The monoisotopic (exact) mass is 227 g/mol. The molecular weight excluding hydrogens is 206 g/mol. The van der Waals surface area contributed by atoms with Gasteiger partial charge in [0.25, 0.3) is 0 Å². The number of nitrogens with zero attached hydrogens (tertiary/aromatic N) is 2. The molecule has 1 rings (SSSR count). The molecule has 2 N–H and O–H groups in total. The van der Waals surface area contributed by atoms with Crippen LogP contribution < -0.4 is 5.73 Å². The Bertz CT molecular complexity index is 308. The first-order chi connectivity index (χ1) is 7.66. The Morgan fingerprint density at radius 3 is 2.56 bits per heavy atom. The first-order valence-corrected chi connectivity index (χ1v) is 5.86. The summed E-state index contributed by atoms with van der Waals surface area (Å²) >= 11 is 0. The topological polar surface area (TPSA) is 74.2 Å². The molecule has 0 aromatic carbocycles. The smallest absolute Gasteiger partial charge is 0.246 e. The summed E-state index contributed by atoms with van der Waals surface area (Å²) in [5.74, 6) is 1.20. The van der Waals surface area contributed by atoms with Gasteiger partial charge in [0, 0.05) is 13.0 Å². The van der Waals surface area contributed by atoms with E-state index in [0.717, 1.165) is 12.8 Å². The Morgan fingerprint density at radius 2 is 2.00 bits per heavy atom. The maximum Gasteiger partial charge on any atom is 0.246 e. The van der Waals surface area contributed by atoms with Gasteiger partial charge in [0.2, 0.25) is 5.89 Å². The SMILES string of the molecule is CCOCCc1noc(C(N)(CC)CC)n1. The minimum atomic E-state index is -0.489. The highest BCUT2D eigenvalue weighted by molar-refractivity contribution is 5.01. The third kappa shape index (κ3) is 3.02. The van der Waals surface area contributed by atoms with Crippen molar-refractivity contribution < 1.29 is 9.26 Å². The van der Waals surface area contributed by atoms with Crippen LogP contribution in [0.4, 0.5) is 0 Å². The molecule has 1 aromatic rings. The first kappa shape index (κ1) is 13.1. The van der Waals surface area contributed by atoms with Gasteiger partial charge in [-0.2, -0.15) is 4.98 Å².